The molecule has 1 fully saturated rings. The highest BCUT2D eigenvalue weighted by molar-refractivity contribution is 7.89. The van der Waals surface area contributed by atoms with Crippen LogP contribution in [0.2, 0.25) is 0 Å². The molecule has 0 amide bonds. The van der Waals surface area contributed by atoms with Crippen molar-refractivity contribution in [1.29, 1.82) is 0 Å². The second-order valence-electron chi connectivity index (χ2n) is 7.02. The predicted molar refractivity (Wildman–Crippen MR) is 109 cm³/mol. The third-order valence-electron chi connectivity index (χ3n) is 5.08. The largest absolute Gasteiger partial charge is 0.497 e. The minimum atomic E-state index is -3.65. The van der Waals surface area contributed by atoms with Crippen molar-refractivity contribution in [3.63, 3.8) is 0 Å². The first kappa shape index (κ1) is 21.7. The average molecular weight is 440 g/mol. The molecule has 0 saturated carbocycles. The van der Waals surface area contributed by atoms with E-state index in [4.69, 9.17) is 4.74 Å². The number of nitrogens with one attached hydrogen (secondary N) is 1. The average Bonchev–Trinajstić information content (AvgIpc) is 2.73. The minimum absolute atomic E-state index is 0.0728. The van der Waals surface area contributed by atoms with E-state index in [2.05, 4.69) is 9.71 Å². The fraction of sp³-hybridized carbons (Fsp3) is 0.421. The Labute approximate surface area is 172 Å². The van der Waals surface area contributed by atoms with Crippen molar-refractivity contribution >= 4 is 20.0 Å². The van der Waals surface area contributed by atoms with Crippen LogP contribution in [-0.4, -0.2) is 52.9 Å². The van der Waals surface area contributed by atoms with Crippen molar-refractivity contribution in [1.82, 2.24) is 14.0 Å². The molecule has 8 nitrogen and oxygen atoms in total. The van der Waals surface area contributed by atoms with E-state index in [0.29, 0.717) is 37.2 Å². The van der Waals surface area contributed by atoms with E-state index < -0.39 is 20.0 Å². The number of pyridine rings is 1. The van der Waals surface area contributed by atoms with Crippen LogP contribution in [0.4, 0.5) is 0 Å². The molecule has 0 radical (unpaired) electrons. The maximum Gasteiger partial charge on any atom is 0.244 e. The van der Waals surface area contributed by atoms with Crippen molar-refractivity contribution in [2.75, 3.05) is 26.7 Å². The van der Waals surface area contributed by atoms with Crippen LogP contribution >= 0.6 is 0 Å². The normalized spacial score (nSPS) is 16.6. The third-order valence-corrected chi connectivity index (χ3v) is 8.55. The summed E-state index contributed by atoms with van der Waals surface area (Å²) in [5, 5.41) is 0. The second-order valence-corrected chi connectivity index (χ2v) is 10.7. The number of nitrogens with zero attached hydrogens (tertiary/aromatic N) is 2. The van der Waals surface area contributed by atoms with Gasteiger partial charge in [0, 0.05) is 32.0 Å². The van der Waals surface area contributed by atoms with Gasteiger partial charge in [0.25, 0.3) is 0 Å². The summed E-state index contributed by atoms with van der Waals surface area (Å²) in [7, 11) is -5.68. The Morgan fingerprint density at radius 2 is 1.90 bits per heavy atom. The van der Waals surface area contributed by atoms with E-state index in [1.807, 2.05) is 0 Å². The first-order valence-corrected chi connectivity index (χ1v) is 12.2. The van der Waals surface area contributed by atoms with E-state index in [-0.39, 0.29) is 22.3 Å². The highest BCUT2D eigenvalue weighted by atomic mass is 32.2. The van der Waals surface area contributed by atoms with Crippen molar-refractivity contribution in [2.24, 2.45) is 5.92 Å². The molecule has 1 saturated heterocycles. The quantitative estimate of drug-likeness (QED) is 0.705. The lowest BCUT2D eigenvalue weighted by Crippen LogP contribution is -2.41. The standard InChI is InChI=1S/C19H25N3O5S2/c1-15-12-17(27-2)5-6-19(15)28(23,24)21-13-16-7-10-22(11-8-16)29(25,26)18-4-3-9-20-14-18/h3-6,9,12,14,16,21H,7-8,10-11,13H2,1-2H3. The fourth-order valence-corrected chi connectivity index (χ4v) is 6.13. The minimum Gasteiger partial charge on any atom is -0.497 e. The zero-order valence-corrected chi connectivity index (χ0v) is 18.0. The summed E-state index contributed by atoms with van der Waals surface area (Å²) in [6, 6.07) is 7.94. The summed E-state index contributed by atoms with van der Waals surface area (Å²) in [6.45, 7) is 2.70. The topological polar surface area (TPSA) is 106 Å². The summed E-state index contributed by atoms with van der Waals surface area (Å²) in [5.74, 6) is 0.673. The molecule has 1 N–H and O–H groups in total. The molecule has 0 atom stereocenters. The number of aromatic nitrogens is 1. The number of methoxy groups -OCH3 is 1. The Morgan fingerprint density at radius 3 is 2.48 bits per heavy atom. The Morgan fingerprint density at radius 1 is 1.17 bits per heavy atom. The molecule has 2 aromatic rings. The molecule has 1 aliphatic heterocycles. The smallest absolute Gasteiger partial charge is 0.244 e. The zero-order valence-electron chi connectivity index (χ0n) is 16.4. The van der Waals surface area contributed by atoms with Gasteiger partial charge in [-0.2, -0.15) is 4.31 Å². The van der Waals surface area contributed by atoms with Gasteiger partial charge in [0.1, 0.15) is 10.6 Å². The maximum atomic E-state index is 12.6. The molecular weight excluding hydrogens is 414 g/mol. The molecule has 1 aromatic heterocycles. The summed E-state index contributed by atoms with van der Waals surface area (Å²) in [5.41, 5.74) is 0.606. The van der Waals surface area contributed by atoms with E-state index >= 15 is 0 Å². The number of hydrogen-bond acceptors (Lipinski definition) is 6. The summed E-state index contributed by atoms with van der Waals surface area (Å²) < 4.78 is 59.8. The number of sulfonamides is 2. The number of piperidine rings is 1. The van der Waals surface area contributed by atoms with Crippen LogP contribution < -0.4 is 9.46 Å². The van der Waals surface area contributed by atoms with Crippen molar-refractivity contribution < 1.29 is 21.6 Å². The molecule has 29 heavy (non-hydrogen) atoms. The van der Waals surface area contributed by atoms with Crippen LogP contribution in [0.5, 0.6) is 5.75 Å². The summed E-state index contributed by atoms with van der Waals surface area (Å²) in [6.07, 6.45) is 4.04. The highest BCUT2D eigenvalue weighted by Gasteiger charge is 2.30. The van der Waals surface area contributed by atoms with Gasteiger partial charge in [0.15, 0.2) is 0 Å². The van der Waals surface area contributed by atoms with Crippen molar-refractivity contribution in [2.45, 2.75) is 29.6 Å². The Bertz CT molecular complexity index is 1050. The lowest BCUT2D eigenvalue weighted by molar-refractivity contribution is 0.274. The predicted octanol–water partition coefficient (Wildman–Crippen LogP) is 1.78. The number of benzene rings is 1. The highest BCUT2D eigenvalue weighted by Crippen LogP contribution is 2.24. The Kier molecular flexibility index (Phi) is 6.57. The Balaban J connectivity index is 1.59. The lowest BCUT2D eigenvalue weighted by atomic mass is 9.99. The SMILES string of the molecule is COc1ccc(S(=O)(=O)NCC2CCN(S(=O)(=O)c3cccnc3)CC2)c(C)c1. The molecule has 2 heterocycles. The molecule has 10 heteroatoms. The first-order chi connectivity index (χ1) is 13.7. The number of ether oxygens (including phenoxy) is 1. The van der Waals surface area contributed by atoms with E-state index in [1.54, 1.807) is 25.1 Å². The Hall–Kier alpha value is -2.01. The van der Waals surface area contributed by atoms with Gasteiger partial charge in [-0.1, -0.05) is 0 Å². The molecule has 0 bridgehead atoms. The van der Waals surface area contributed by atoms with Crippen LogP contribution in [0.25, 0.3) is 0 Å². The molecule has 3 rings (SSSR count). The van der Waals surface area contributed by atoms with Crippen LogP contribution in [0.15, 0.2) is 52.5 Å². The fourth-order valence-electron chi connectivity index (χ4n) is 3.36. The molecule has 0 spiro atoms. The van der Waals surface area contributed by atoms with Gasteiger partial charge in [-0.25, -0.2) is 21.6 Å². The van der Waals surface area contributed by atoms with Gasteiger partial charge in [0.2, 0.25) is 20.0 Å². The van der Waals surface area contributed by atoms with Crippen LogP contribution in [0, 0.1) is 12.8 Å². The van der Waals surface area contributed by atoms with Gasteiger partial charge in [-0.15, -0.1) is 0 Å². The van der Waals surface area contributed by atoms with Crippen LogP contribution in [-0.2, 0) is 20.0 Å². The number of rotatable bonds is 7. The monoisotopic (exact) mass is 439 g/mol. The zero-order chi connectivity index (χ0) is 21.1. The molecule has 1 aromatic carbocycles. The summed E-state index contributed by atoms with van der Waals surface area (Å²) in [4.78, 5) is 4.27. The second kappa shape index (κ2) is 8.78. The van der Waals surface area contributed by atoms with Gasteiger partial charge >= 0.3 is 0 Å². The summed E-state index contributed by atoms with van der Waals surface area (Å²) >= 11 is 0. The molecule has 0 aliphatic carbocycles. The van der Waals surface area contributed by atoms with Gasteiger partial charge in [-0.05, 0) is 61.6 Å². The van der Waals surface area contributed by atoms with Gasteiger partial charge in [0.05, 0.1) is 12.0 Å². The third kappa shape index (κ3) is 4.95. The molecule has 158 valence electrons. The van der Waals surface area contributed by atoms with Gasteiger partial charge in [-0.3, -0.25) is 4.98 Å². The van der Waals surface area contributed by atoms with E-state index in [0.717, 1.165) is 0 Å². The molecular formula is C19H25N3O5S2. The first-order valence-electron chi connectivity index (χ1n) is 9.28. The number of aryl methyl sites for hydroxylation is 1. The van der Waals surface area contributed by atoms with E-state index in [1.165, 1.54) is 35.9 Å². The van der Waals surface area contributed by atoms with Crippen LogP contribution in [0.3, 0.4) is 0 Å². The van der Waals surface area contributed by atoms with Crippen molar-refractivity contribution in [3.05, 3.63) is 48.3 Å². The van der Waals surface area contributed by atoms with Crippen LogP contribution in [0.1, 0.15) is 18.4 Å². The van der Waals surface area contributed by atoms with E-state index in [9.17, 15) is 16.8 Å². The van der Waals surface area contributed by atoms with Gasteiger partial charge < -0.3 is 4.74 Å². The maximum absolute atomic E-state index is 12.6. The molecule has 1 aliphatic rings. The number of hydrogen-bond donors (Lipinski definition) is 1. The van der Waals surface area contributed by atoms with Crippen molar-refractivity contribution in [3.8, 4) is 5.75 Å². The lowest BCUT2D eigenvalue weighted by Gasteiger charge is -2.31. The molecule has 0 unspecified atom stereocenters.